The summed E-state index contributed by atoms with van der Waals surface area (Å²) in [6, 6.07) is -0.343. The Kier molecular flexibility index (Phi) is 4.41. The molecule has 0 aromatic heterocycles. The van der Waals surface area contributed by atoms with E-state index in [0.717, 1.165) is 6.42 Å². The van der Waals surface area contributed by atoms with Gasteiger partial charge in [0.1, 0.15) is 6.04 Å². The van der Waals surface area contributed by atoms with Gasteiger partial charge in [-0.15, -0.1) is 11.8 Å². The summed E-state index contributed by atoms with van der Waals surface area (Å²) < 4.78 is 0. The number of hydrogen-bond acceptors (Lipinski definition) is 4. The van der Waals surface area contributed by atoms with Gasteiger partial charge in [-0.05, 0) is 12.7 Å². The van der Waals surface area contributed by atoms with Crippen LogP contribution in [-0.2, 0) is 4.79 Å². The number of carboxylic acid groups (broad SMARTS) is 1. The van der Waals surface area contributed by atoms with Gasteiger partial charge in [-0.1, -0.05) is 6.92 Å². The minimum absolute atomic E-state index is 0.323. The van der Waals surface area contributed by atoms with Gasteiger partial charge in [0.2, 0.25) is 0 Å². The van der Waals surface area contributed by atoms with E-state index in [1.54, 1.807) is 11.8 Å². The third-order valence-corrected chi connectivity index (χ3v) is 4.35. The Morgan fingerprint density at radius 1 is 1.85 bits per heavy atom. The second-order valence-electron chi connectivity index (χ2n) is 3.16. The van der Waals surface area contributed by atoms with E-state index in [2.05, 4.69) is 18.5 Å². The van der Waals surface area contributed by atoms with Crippen LogP contribution in [0.5, 0.6) is 0 Å². The van der Waals surface area contributed by atoms with Crippen LogP contribution < -0.4 is 5.32 Å². The van der Waals surface area contributed by atoms with Gasteiger partial charge < -0.3 is 5.11 Å². The molecule has 3 atom stereocenters. The first kappa shape index (κ1) is 11.2. The van der Waals surface area contributed by atoms with Crippen molar-refractivity contribution in [3.63, 3.8) is 0 Å². The van der Waals surface area contributed by atoms with E-state index < -0.39 is 5.97 Å². The molecule has 1 saturated heterocycles. The largest absolute Gasteiger partial charge is 0.480 e. The Bertz CT molecular complexity index is 189. The predicted molar refractivity (Wildman–Crippen MR) is 58.4 cm³/mol. The Hall–Kier alpha value is 0.130. The van der Waals surface area contributed by atoms with E-state index >= 15 is 0 Å². The fourth-order valence-corrected chi connectivity index (χ4v) is 3.06. The topological polar surface area (TPSA) is 49.3 Å². The molecule has 0 saturated carbocycles. The van der Waals surface area contributed by atoms with Crippen molar-refractivity contribution < 1.29 is 9.90 Å². The second-order valence-corrected chi connectivity index (χ2v) is 5.67. The summed E-state index contributed by atoms with van der Waals surface area (Å²) in [6.07, 6.45) is 3.12. The maximum absolute atomic E-state index is 10.6. The molecule has 0 amide bonds. The van der Waals surface area contributed by atoms with Crippen molar-refractivity contribution in [2.45, 2.75) is 30.0 Å². The molecule has 0 bridgehead atoms. The van der Waals surface area contributed by atoms with E-state index in [0.29, 0.717) is 16.4 Å². The normalized spacial score (nSPS) is 30.3. The van der Waals surface area contributed by atoms with Gasteiger partial charge in [0.25, 0.3) is 0 Å². The van der Waals surface area contributed by atoms with Crippen LogP contribution >= 0.6 is 23.5 Å². The summed E-state index contributed by atoms with van der Waals surface area (Å²) in [6.45, 7) is 2.17. The van der Waals surface area contributed by atoms with E-state index in [-0.39, 0.29) is 6.04 Å². The highest BCUT2D eigenvalue weighted by Gasteiger charge is 2.29. The number of hydrogen-bond donors (Lipinski definition) is 2. The molecule has 1 aliphatic heterocycles. The highest BCUT2D eigenvalue weighted by Crippen LogP contribution is 2.25. The van der Waals surface area contributed by atoms with Crippen LogP contribution in [0.2, 0.25) is 0 Å². The number of carbonyl (C=O) groups is 1. The van der Waals surface area contributed by atoms with Crippen molar-refractivity contribution in [1.82, 2.24) is 5.32 Å². The standard InChI is InChI=1S/C8H15NO2S2/c1-5(12-2)3-7-9-6(4-13-7)8(10)11/h5-7,9H,3-4H2,1-2H3,(H,10,11). The van der Waals surface area contributed by atoms with E-state index in [1.165, 1.54) is 0 Å². The van der Waals surface area contributed by atoms with Gasteiger partial charge in [0, 0.05) is 11.0 Å². The van der Waals surface area contributed by atoms with Gasteiger partial charge in [0.05, 0.1) is 5.37 Å². The SMILES string of the molecule is CSC(C)CC1NC(C(=O)O)CS1. The Labute approximate surface area is 87.0 Å². The van der Waals surface area contributed by atoms with Crippen LogP contribution in [-0.4, -0.2) is 39.8 Å². The van der Waals surface area contributed by atoms with Crippen LogP contribution in [0.15, 0.2) is 0 Å². The molecule has 76 valence electrons. The lowest BCUT2D eigenvalue weighted by molar-refractivity contribution is -0.138. The molecule has 1 rings (SSSR count). The summed E-state index contributed by atoms with van der Waals surface area (Å²) in [7, 11) is 0. The maximum Gasteiger partial charge on any atom is 0.321 e. The van der Waals surface area contributed by atoms with Crippen molar-refractivity contribution in [3.8, 4) is 0 Å². The third-order valence-electron chi connectivity index (χ3n) is 2.10. The van der Waals surface area contributed by atoms with Crippen molar-refractivity contribution in [2.75, 3.05) is 12.0 Å². The van der Waals surface area contributed by atoms with Gasteiger partial charge in [-0.25, -0.2) is 0 Å². The third kappa shape index (κ3) is 3.40. The average molecular weight is 221 g/mol. The Morgan fingerprint density at radius 3 is 3.00 bits per heavy atom. The first-order valence-electron chi connectivity index (χ1n) is 4.26. The molecule has 13 heavy (non-hydrogen) atoms. The minimum Gasteiger partial charge on any atom is -0.480 e. The quantitative estimate of drug-likeness (QED) is 0.748. The molecular formula is C8H15NO2S2. The van der Waals surface area contributed by atoms with Crippen molar-refractivity contribution >= 4 is 29.5 Å². The highest BCUT2D eigenvalue weighted by molar-refractivity contribution is 8.00. The summed E-state index contributed by atoms with van der Waals surface area (Å²) in [5.74, 6) is -0.0343. The van der Waals surface area contributed by atoms with Gasteiger partial charge >= 0.3 is 5.97 Å². The summed E-state index contributed by atoms with van der Waals surface area (Å²) in [4.78, 5) is 10.6. The lowest BCUT2D eigenvalue weighted by atomic mass is 10.3. The zero-order chi connectivity index (χ0) is 9.84. The summed E-state index contributed by atoms with van der Waals surface area (Å²) >= 11 is 3.54. The van der Waals surface area contributed by atoms with Crippen LogP contribution in [0.25, 0.3) is 0 Å². The molecule has 2 N–H and O–H groups in total. The Morgan fingerprint density at radius 2 is 2.54 bits per heavy atom. The summed E-state index contributed by atoms with van der Waals surface area (Å²) in [5, 5.41) is 12.8. The number of carboxylic acids is 1. The monoisotopic (exact) mass is 221 g/mol. The van der Waals surface area contributed by atoms with E-state index in [4.69, 9.17) is 5.11 Å². The zero-order valence-electron chi connectivity index (χ0n) is 7.82. The van der Waals surface area contributed by atoms with Gasteiger partial charge in [-0.2, -0.15) is 11.8 Å². The van der Waals surface area contributed by atoms with Crippen LogP contribution in [0.4, 0.5) is 0 Å². The lowest BCUT2D eigenvalue weighted by Gasteiger charge is -2.14. The highest BCUT2D eigenvalue weighted by atomic mass is 32.2. The van der Waals surface area contributed by atoms with E-state index in [9.17, 15) is 4.79 Å². The molecule has 0 radical (unpaired) electrons. The molecule has 3 unspecified atom stereocenters. The number of rotatable bonds is 4. The molecule has 1 heterocycles. The number of nitrogens with one attached hydrogen (secondary N) is 1. The molecular weight excluding hydrogens is 206 g/mol. The fourth-order valence-electron chi connectivity index (χ4n) is 1.21. The predicted octanol–water partition coefficient (Wildman–Crippen LogP) is 1.24. The minimum atomic E-state index is -0.730. The van der Waals surface area contributed by atoms with Crippen molar-refractivity contribution in [2.24, 2.45) is 0 Å². The first-order chi connectivity index (χ1) is 6.13. The maximum atomic E-state index is 10.6. The van der Waals surface area contributed by atoms with Crippen LogP contribution in [0.3, 0.4) is 0 Å². The number of thioether (sulfide) groups is 2. The van der Waals surface area contributed by atoms with Crippen molar-refractivity contribution in [1.29, 1.82) is 0 Å². The van der Waals surface area contributed by atoms with Gasteiger partial charge in [0.15, 0.2) is 0 Å². The Balaban J connectivity index is 2.29. The average Bonchev–Trinajstić information content (AvgIpc) is 2.52. The molecule has 0 aromatic carbocycles. The van der Waals surface area contributed by atoms with Crippen LogP contribution in [0, 0.1) is 0 Å². The lowest BCUT2D eigenvalue weighted by Crippen LogP contribution is -2.37. The van der Waals surface area contributed by atoms with E-state index in [1.807, 2.05) is 11.8 Å². The van der Waals surface area contributed by atoms with Crippen molar-refractivity contribution in [3.05, 3.63) is 0 Å². The molecule has 0 spiro atoms. The molecule has 5 heteroatoms. The molecule has 0 aromatic rings. The fraction of sp³-hybridized carbons (Fsp3) is 0.875. The molecule has 0 aliphatic carbocycles. The zero-order valence-corrected chi connectivity index (χ0v) is 9.45. The molecule has 1 aliphatic rings. The first-order valence-corrected chi connectivity index (χ1v) is 6.60. The number of aliphatic carboxylic acids is 1. The van der Waals surface area contributed by atoms with Gasteiger partial charge in [-0.3, -0.25) is 10.1 Å². The summed E-state index contributed by atoms with van der Waals surface area (Å²) in [5.41, 5.74) is 0. The van der Waals surface area contributed by atoms with Crippen LogP contribution in [0.1, 0.15) is 13.3 Å². The second kappa shape index (κ2) is 5.12. The molecule has 3 nitrogen and oxygen atoms in total. The smallest absolute Gasteiger partial charge is 0.321 e. The molecule has 1 fully saturated rings.